The number of hydrogen-bond acceptors (Lipinski definition) is 4. The van der Waals surface area contributed by atoms with Gasteiger partial charge in [-0.25, -0.2) is 9.59 Å². The van der Waals surface area contributed by atoms with Gasteiger partial charge in [0.1, 0.15) is 6.04 Å². The maximum Gasteiger partial charge on any atom is 0.407 e. The first-order valence-corrected chi connectivity index (χ1v) is 6.52. The van der Waals surface area contributed by atoms with E-state index in [1.165, 1.54) is 7.11 Å². The lowest BCUT2D eigenvalue weighted by molar-refractivity contribution is -0.146. The number of unbranched alkanes of at least 4 members (excludes halogenated alkanes) is 2. The molecule has 5 nitrogen and oxygen atoms in total. The lowest BCUT2D eigenvalue weighted by Gasteiger charge is -2.18. The van der Waals surface area contributed by atoms with Crippen molar-refractivity contribution in [3.63, 3.8) is 0 Å². The summed E-state index contributed by atoms with van der Waals surface area (Å²) in [7, 11) is 1.27. The van der Waals surface area contributed by atoms with E-state index in [0.717, 1.165) is 19.3 Å². The maximum absolute atomic E-state index is 11.8. The second-order valence-electron chi connectivity index (χ2n) is 4.69. The van der Waals surface area contributed by atoms with Crippen LogP contribution in [0.4, 0.5) is 4.79 Å². The van der Waals surface area contributed by atoms with E-state index in [1.54, 1.807) is 0 Å². The van der Waals surface area contributed by atoms with Crippen molar-refractivity contribution >= 4 is 12.1 Å². The SMILES string of the molecule is CCCCCOC(=O)C(CC(C)C)NC(=O)OC. The molecule has 0 rings (SSSR count). The molecule has 0 spiro atoms. The molecule has 1 N–H and O–H groups in total. The zero-order valence-electron chi connectivity index (χ0n) is 11.8. The highest BCUT2D eigenvalue weighted by Gasteiger charge is 2.23. The van der Waals surface area contributed by atoms with Crippen LogP contribution in [0.25, 0.3) is 0 Å². The van der Waals surface area contributed by atoms with Crippen molar-refractivity contribution in [3.05, 3.63) is 0 Å². The van der Waals surface area contributed by atoms with Gasteiger partial charge in [-0.1, -0.05) is 33.6 Å². The topological polar surface area (TPSA) is 64.6 Å². The molecule has 0 radical (unpaired) electrons. The first-order valence-electron chi connectivity index (χ1n) is 6.52. The summed E-state index contributed by atoms with van der Waals surface area (Å²) in [5.74, 6) is -0.0967. The van der Waals surface area contributed by atoms with E-state index in [1.807, 2.05) is 13.8 Å². The first kappa shape index (κ1) is 16.7. The molecule has 18 heavy (non-hydrogen) atoms. The fourth-order valence-electron chi connectivity index (χ4n) is 1.51. The maximum atomic E-state index is 11.8. The monoisotopic (exact) mass is 259 g/mol. The molecule has 0 aliphatic carbocycles. The summed E-state index contributed by atoms with van der Waals surface area (Å²) in [5.41, 5.74) is 0. The Hall–Kier alpha value is -1.26. The number of nitrogens with one attached hydrogen (secondary N) is 1. The fraction of sp³-hybridized carbons (Fsp3) is 0.846. The van der Waals surface area contributed by atoms with E-state index >= 15 is 0 Å². The molecule has 0 bridgehead atoms. The average Bonchev–Trinajstić information content (AvgIpc) is 2.32. The van der Waals surface area contributed by atoms with Gasteiger partial charge >= 0.3 is 12.1 Å². The van der Waals surface area contributed by atoms with E-state index in [-0.39, 0.29) is 11.9 Å². The number of carbonyl (C=O) groups is 2. The van der Waals surface area contributed by atoms with E-state index < -0.39 is 12.1 Å². The number of esters is 1. The molecule has 106 valence electrons. The molecule has 1 atom stereocenters. The third kappa shape index (κ3) is 7.92. The van der Waals surface area contributed by atoms with Gasteiger partial charge in [-0.2, -0.15) is 0 Å². The molecule has 0 aliphatic rings. The summed E-state index contributed by atoms with van der Waals surface area (Å²) in [4.78, 5) is 22.9. The average molecular weight is 259 g/mol. The zero-order valence-corrected chi connectivity index (χ0v) is 11.8. The number of methoxy groups -OCH3 is 1. The van der Waals surface area contributed by atoms with Gasteiger partial charge in [0.2, 0.25) is 0 Å². The summed E-state index contributed by atoms with van der Waals surface area (Å²) in [5, 5.41) is 2.50. The molecule has 0 fully saturated rings. The molecule has 1 unspecified atom stereocenters. The Morgan fingerprint density at radius 3 is 2.39 bits per heavy atom. The number of hydrogen-bond donors (Lipinski definition) is 1. The molecule has 0 aromatic heterocycles. The Bertz CT molecular complexity index is 253. The Kier molecular flexibility index (Phi) is 9.06. The van der Waals surface area contributed by atoms with Crippen LogP contribution in [-0.2, 0) is 14.3 Å². The zero-order chi connectivity index (χ0) is 14.0. The van der Waals surface area contributed by atoms with Crippen molar-refractivity contribution in [1.82, 2.24) is 5.32 Å². The Balaban J connectivity index is 4.18. The van der Waals surface area contributed by atoms with E-state index in [2.05, 4.69) is 17.0 Å². The third-order valence-electron chi connectivity index (χ3n) is 2.46. The van der Waals surface area contributed by atoms with E-state index in [0.29, 0.717) is 13.0 Å². The van der Waals surface area contributed by atoms with Crippen LogP contribution in [0, 0.1) is 5.92 Å². The van der Waals surface area contributed by atoms with E-state index in [9.17, 15) is 9.59 Å². The molecule has 0 aromatic carbocycles. The summed E-state index contributed by atoms with van der Waals surface area (Å²) in [6, 6.07) is -0.626. The summed E-state index contributed by atoms with van der Waals surface area (Å²) in [6.45, 7) is 6.46. The lowest BCUT2D eigenvalue weighted by atomic mass is 10.0. The van der Waals surface area contributed by atoms with Crippen molar-refractivity contribution in [3.8, 4) is 0 Å². The van der Waals surface area contributed by atoms with Gasteiger partial charge < -0.3 is 14.8 Å². The summed E-state index contributed by atoms with van der Waals surface area (Å²) in [6.07, 6.45) is 2.91. The van der Waals surface area contributed by atoms with Crippen molar-refractivity contribution in [1.29, 1.82) is 0 Å². The highest BCUT2D eigenvalue weighted by molar-refractivity contribution is 5.81. The molecule has 0 aliphatic heterocycles. The minimum absolute atomic E-state index is 0.287. The standard InChI is InChI=1S/C13H25NO4/c1-5-6-7-8-18-12(15)11(9-10(2)3)14-13(16)17-4/h10-11H,5-9H2,1-4H3,(H,14,16). The highest BCUT2D eigenvalue weighted by atomic mass is 16.5. The number of amides is 1. The normalized spacial score (nSPS) is 12.1. The van der Waals surface area contributed by atoms with Gasteiger partial charge in [-0.3, -0.25) is 0 Å². The molecular formula is C13H25NO4. The van der Waals surface area contributed by atoms with Crippen LogP contribution in [-0.4, -0.2) is 31.8 Å². The Morgan fingerprint density at radius 1 is 1.22 bits per heavy atom. The number of rotatable bonds is 8. The first-order chi connectivity index (χ1) is 8.51. The van der Waals surface area contributed by atoms with Crippen LogP contribution in [0.2, 0.25) is 0 Å². The van der Waals surface area contributed by atoms with Crippen LogP contribution in [0.3, 0.4) is 0 Å². The van der Waals surface area contributed by atoms with Crippen molar-refractivity contribution < 1.29 is 19.1 Å². The Labute approximate surface area is 109 Å². The molecule has 0 saturated heterocycles. The molecule has 0 heterocycles. The highest BCUT2D eigenvalue weighted by Crippen LogP contribution is 2.07. The van der Waals surface area contributed by atoms with Gasteiger partial charge in [0.15, 0.2) is 0 Å². The third-order valence-corrected chi connectivity index (χ3v) is 2.46. The van der Waals surface area contributed by atoms with Crippen LogP contribution < -0.4 is 5.32 Å². The molecule has 0 aromatic rings. The number of ether oxygens (including phenoxy) is 2. The van der Waals surface area contributed by atoms with Gasteiger partial charge in [0.25, 0.3) is 0 Å². The minimum Gasteiger partial charge on any atom is -0.464 e. The van der Waals surface area contributed by atoms with Gasteiger partial charge in [0.05, 0.1) is 13.7 Å². The minimum atomic E-state index is -0.626. The largest absolute Gasteiger partial charge is 0.464 e. The Morgan fingerprint density at radius 2 is 1.89 bits per heavy atom. The smallest absolute Gasteiger partial charge is 0.407 e. The quantitative estimate of drug-likeness (QED) is 0.537. The summed E-state index contributed by atoms with van der Waals surface area (Å²) < 4.78 is 9.64. The van der Waals surface area contributed by atoms with Gasteiger partial charge in [-0.15, -0.1) is 0 Å². The molecule has 1 amide bonds. The predicted octanol–water partition coefficient (Wildman–Crippen LogP) is 2.49. The van der Waals surface area contributed by atoms with Crippen molar-refractivity contribution in [2.75, 3.05) is 13.7 Å². The molecule has 5 heteroatoms. The number of carbonyl (C=O) groups excluding carboxylic acids is 2. The fourth-order valence-corrected chi connectivity index (χ4v) is 1.51. The molecule has 0 saturated carbocycles. The van der Waals surface area contributed by atoms with Gasteiger partial charge in [-0.05, 0) is 18.8 Å². The van der Waals surface area contributed by atoms with Crippen molar-refractivity contribution in [2.24, 2.45) is 5.92 Å². The lowest BCUT2D eigenvalue weighted by Crippen LogP contribution is -2.42. The van der Waals surface area contributed by atoms with Crippen molar-refractivity contribution in [2.45, 2.75) is 52.5 Å². The predicted molar refractivity (Wildman–Crippen MR) is 69.3 cm³/mol. The van der Waals surface area contributed by atoms with Crippen LogP contribution in [0.15, 0.2) is 0 Å². The summed E-state index contributed by atoms with van der Waals surface area (Å²) >= 11 is 0. The van der Waals surface area contributed by atoms with Crippen LogP contribution in [0.5, 0.6) is 0 Å². The number of alkyl carbamates (subject to hydrolysis) is 1. The molecular weight excluding hydrogens is 234 g/mol. The second kappa shape index (κ2) is 9.74. The van der Waals surface area contributed by atoms with Crippen LogP contribution >= 0.6 is 0 Å². The van der Waals surface area contributed by atoms with Crippen LogP contribution in [0.1, 0.15) is 46.5 Å². The van der Waals surface area contributed by atoms with Gasteiger partial charge in [0, 0.05) is 0 Å². The van der Waals surface area contributed by atoms with E-state index in [4.69, 9.17) is 4.74 Å². The second-order valence-corrected chi connectivity index (χ2v) is 4.69.